The zero-order valence-corrected chi connectivity index (χ0v) is 11.3. The number of carbonyl (C=O) groups is 1. The highest BCUT2D eigenvalue weighted by Gasteiger charge is 2.33. The lowest BCUT2D eigenvalue weighted by atomic mass is 9.77. The second-order valence-electron chi connectivity index (χ2n) is 4.69. The Morgan fingerprint density at radius 3 is 2.41 bits per heavy atom. The molecule has 0 fully saturated rings. The van der Waals surface area contributed by atoms with Gasteiger partial charge in [-0.15, -0.1) is 0 Å². The van der Waals surface area contributed by atoms with Gasteiger partial charge >= 0.3 is 0 Å². The molecule has 0 aromatic carbocycles. The van der Waals surface area contributed by atoms with Gasteiger partial charge in [0, 0.05) is 31.1 Å². The number of rotatable bonds is 6. The first kappa shape index (κ1) is 13.9. The van der Waals surface area contributed by atoms with Gasteiger partial charge in [0.05, 0.1) is 5.69 Å². The Bertz CT molecular complexity index is 383. The van der Waals surface area contributed by atoms with Crippen LogP contribution >= 0.6 is 0 Å². The first-order valence-corrected chi connectivity index (χ1v) is 6.22. The second kappa shape index (κ2) is 5.45. The second-order valence-corrected chi connectivity index (χ2v) is 4.69. The van der Waals surface area contributed by atoms with Gasteiger partial charge in [-0.2, -0.15) is 5.10 Å². The summed E-state index contributed by atoms with van der Waals surface area (Å²) in [5.74, 6) is 0.230. The van der Waals surface area contributed by atoms with Crippen LogP contribution in [0.5, 0.6) is 0 Å². The fraction of sp³-hybridized carbons (Fsp3) is 0.692. The van der Waals surface area contributed by atoms with Crippen molar-refractivity contribution >= 4 is 5.78 Å². The lowest BCUT2D eigenvalue weighted by Gasteiger charge is -2.28. The zero-order valence-electron chi connectivity index (χ0n) is 11.3. The van der Waals surface area contributed by atoms with Crippen molar-refractivity contribution < 1.29 is 4.79 Å². The van der Waals surface area contributed by atoms with Gasteiger partial charge in [0.25, 0.3) is 0 Å². The Kier molecular flexibility index (Phi) is 4.46. The van der Waals surface area contributed by atoms with Gasteiger partial charge in [0.15, 0.2) is 0 Å². The quantitative estimate of drug-likeness (QED) is 0.817. The highest BCUT2D eigenvalue weighted by molar-refractivity contribution is 5.86. The highest BCUT2D eigenvalue weighted by Crippen LogP contribution is 2.27. The van der Waals surface area contributed by atoms with E-state index >= 15 is 0 Å². The van der Waals surface area contributed by atoms with E-state index in [9.17, 15) is 4.79 Å². The van der Waals surface area contributed by atoms with Crippen LogP contribution in [0, 0.1) is 12.3 Å². The minimum absolute atomic E-state index is 0.230. The fourth-order valence-corrected chi connectivity index (χ4v) is 2.23. The minimum Gasteiger partial charge on any atom is -0.329 e. The third-order valence-electron chi connectivity index (χ3n) is 3.78. The van der Waals surface area contributed by atoms with Crippen LogP contribution in [0.25, 0.3) is 0 Å². The van der Waals surface area contributed by atoms with E-state index < -0.39 is 0 Å². The topological polar surface area (TPSA) is 60.9 Å². The SMILES string of the molecule is CCC(CC)(CN)C(=O)Cc1cc(C)nn1C. The van der Waals surface area contributed by atoms with Crippen LogP contribution in [0.15, 0.2) is 6.07 Å². The molecule has 0 bridgehead atoms. The molecule has 0 aliphatic carbocycles. The lowest BCUT2D eigenvalue weighted by Crippen LogP contribution is -2.38. The van der Waals surface area contributed by atoms with Crippen LogP contribution < -0.4 is 5.73 Å². The molecule has 2 N–H and O–H groups in total. The van der Waals surface area contributed by atoms with Crippen molar-refractivity contribution in [3.05, 3.63) is 17.5 Å². The summed E-state index contributed by atoms with van der Waals surface area (Å²) < 4.78 is 1.78. The summed E-state index contributed by atoms with van der Waals surface area (Å²) >= 11 is 0. The molecule has 4 heteroatoms. The summed E-state index contributed by atoms with van der Waals surface area (Å²) in [4.78, 5) is 12.4. The van der Waals surface area contributed by atoms with Gasteiger partial charge < -0.3 is 5.73 Å². The van der Waals surface area contributed by atoms with Crippen LogP contribution in [0.2, 0.25) is 0 Å². The molecule has 0 unspecified atom stereocenters. The van der Waals surface area contributed by atoms with E-state index in [1.165, 1.54) is 0 Å². The molecule has 17 heavy (non-hydrogen) atoms. The molecule has 1 aromatic rings. The largest absolute Gasteiger partial charge is 0.329 e. The normalized spacial score (nSPS) is 11.8. The molecule has 0 saturated carbocycles. The van der Waals surface area contributed by atoms with Gasteiger partial charge in [-0.25, -0.2) is 0 Å². The molecular formula is C13H23N3O. The number of hydrogen-bond donors (Lipinski definition) is 1. The van der Waals surface area contributed by atoms with Gasteiger partial charge in [-0.1, -0.05) is 13.8 Å². The monoisotopic (exact) mass is 237 g/mol. The molecule has 0 aliphatic rings. The van der Waals surface area contributed by atoms with Gasteiger partial charge in [0.1, 0.15) is 5.78 Å². The van der Waals surface area contributed by atoms with Crippen molar-refractivity contribution in [2.75, 3.05) is 6.54 Å². The maximum atomic E-state index is 12.4. The Labute approximate surface area is 103 Å². The maximum absolute atomic E-state index is 12.4. The van der Waals surface area contributed by atoms with E-state index in [0.717, 1.165) is 24.2 Å². The summed E-state index contributed by atoms with van der Waals surface area (Å²) in [5.41, 5.74) is 7.33. The van der Waals surface area contributed by atoms with E-state index in [1.54, 1.807) is 4.68 Å². The highest BCUT2D eigenvalue weighted by atomic mass is 16.1. The van der Waals surface area contributed by atoms with Crippen LogP contribution in [-0.2, 0) is 18.3 Å². The molecule has 1 aromatic heterocycles. The average molecular weight is 237 g/mol. The number of aryl methyl sites for hydroxylation is 2. The maximum Gasteiger partial charge on any atom is 0.146 e. The number of Topliss-reactive ketones (excluding diaryl/α,β-unsaturated/α-hetero) is 1. The molecule has 0 aliphatic heterocycles. The molecule has 1 rings (SSSR count). The van der Waals surface area contributed by atoms with E-state index in [4.69, 9.17) is 5.73 Å². The van der Waals surface area contributed by atoms with Gasteiger partial charge in [0.2, 0.25) is 0 Å². The molecule has 1 heterocycles. The first-order chi connectivity index (χ1) is 7.99. The van der Waals surface area contributed by atoms with Crippen LogP contribution in [0.4, 0.5) is 0 Å². The van der Waals surface area contributed by atoms with Gasteiger partial charge in [-0.3, -0.25) is 9.48 Å². The van der Waals surface area contributed by atoms with Gasteiger partial charge in [-0.05, 0) is 25.8 Å². The molecule has 4 nitrogen and oxygen atoms in total. The van der Waals surface area contributed by atoms with Crippen molar-refractivity contribution in [2.24, 2.45) is 18.2 Å². The molecule has 0 spiro atoms. The van der Waals surface area contributed by atoms with E-state index in [2.05, 4.69) is 5.10 Å². The predicted octanol–water partition coefficient (Wildman–Crippen LogP) is 1.61. The smallest absolute Gasteiger partial charge is 0.146 e. The average Bonchev–Trinajstić information content (AvgIpc) is 2.61. The Morgan fingerprint density at radius 1 is 1.47 bits per heavy atom. The molecule has 0 atom stereocenters. The number of nitrogens with zero attached hydrogens (tertiary/aromatic N) is 2. The molecule has 0 radical (unpaired) electrons. The van der Waals surface area contributed by atoms with Crippen molar-refractivity contribution in [2.45, 2.75) is 40.0 Å². The van der Waals surface area contributed by atoms with Crippen LogP contribution in [0.1, 0.15) is 38.1 Å². The lowest BCUT2D eigenvalue weighted by molar-refractivity contribution is -0.128. The van der Waals surface area contributed by atoms with Crippen molar-refractivity contribution in [3.8, 4) is 0 Å². The predicted molar refractivity (Wildman–Crippen MR) is 68.7 cm³/mol. The van der Waals surface area contributed by atoms with Crippen molar-refractivity contribution in [1.82, 2.24) is 9.78 Å². The van der Waals surface area contributed by atoms with Crippen LogP contribution in [0.3, 0.4) is 0 Å². The Hall–Kier alpha value is -1.16. The summed E-state index contributed by atoms with van der Waals surface area (Å²) in [5, 5.41) is 4.26. The summed E-state index contributed by atoms with van der Waals surface area (Å²) in [6.07, 6.45) is 2.03. The summed E-state index contributed by atoms with van der Waals surface area (Å²) in [6, 6.07) is 1.96. The Balaban J connectivity index is 2.88. The number of nitrogens with two attached hydrogens (primary N) is 1. The first-order valence-electron chi connectivity index (χ1n) is 6.22. The van der Waals surface area contributed by atoms with E-state index in [-0.39, 0.29) is 11.2 Å². The standard InChI is InChI=1S/C13H23N3O/c1-5-13(6-2,9-14)12(17)8-11-7-10(3)15-16(11)4/h7H,5-6,8-9,14H2,1-4H3. The van der Waals surface area contributed by atoms with E-state index in [1.807, 2.05) is 33.9 Å². The van der Waals surface area contributed by atoms with Crippen molar-refractivity contribution in [3.63, 3.8) is 0 Å². The van der Waals surface area contributed by atoms with Crippen molar-refractivity contribution in [1.29, 1.82) is 0 Å². The van der Waals surface area contributed by atoms with E-state index in [0.29, 0.717) is 13.0 Å². The van der Waals surface area contributed by atoms with Crippen LogP contribution in [-0.4, -0.2) is 22.1 Å². The Morgan fingerprint density at radius 2 is 2.06 bits per heavy atom. The minimum atomic E-state index is -0.363. The zero-order chi connectivity index (χ0) is 13.1. The molecule has 0 saturated heterocycles. The number of ketones is 1. The fourth-order valence-electron chi connectivity index (χ4n) is 2.23. The molecule has 0 amide bonds. The third-order valence-corrected chi connectivity index (χ3v) is 3.78. The molecular weight excluding hydrogens is 214 g/mol. The summed E-state index contributed by atoms with van der Waals surface area (Å²) in [6.45, 7) is 6.42. The molecule has 96 valence electrons. The summed E-state index contributed by atoms with van der Waals surface area (Å²) in [7, 11) is 1.87. The number of hydrogen-bond acceptors (Lipinski definition) is 3. The number of carbonyl (C=O) groups excluding carboxylic acids is 1. The third kappa shape index (κ3) is 2.75. The number of aromatic nitrogens is 2.